The number of carbonyl (C=O) groups excluding carboxylic acids is 1. The molecule has 2 unspecified atom stereocenters. The molecule has 0 saturated heterocycles. The Hall–Kier alpha value is -0.791. The Balaban J connectivity index is 1.98. The maximum atomic E-state index is 10.5. The van der Waals surface area contributed by atoms with Gasteiger partial charge < -0.3 is 0 Å². The number of hydrogen-bond donors (Lipinski definition) is 0. The fourth-order valence-corrected chi connectivity index (χ4v) is 4.83. The van der Waals surface area contributed by atoms with E-state index in [1.54, 1.807) is 0 Å². The average molecular weight is 283 g/mol. The molecule has 2 atom stereocenters. The van der Waals surface area contributed by atoms with Crippen molar-refractivity contribution in [2.45, 2.75) is 36.6 Å². The molecule has 0 spiro atoms. The van der Waals surface area contributed by atoms with Crippen LogP contribution in [0.3, 0.4) is 0 Å². The molecule has 1 aromatic rings. The molecule has 2 nitrogen and oxygen atoms in total. The predicted octanol–water partition coefficient (Wildman–Crippen LogP) is 1.92. The molecule has 2 rings (SSSR count). The van der Waals surface area contributed by atoms with Crippen molar-refractivity contribution in [1.82, 2.24) is 0 Å². The third kappa shape index (κ3) is 3.10. The SMILES string of the molecule is O=COC1CCCCC1[Se]c1ccccc1. The van der Waals surface area contributed by atoms with Gasteiger partial charge in [-0.1, -0.05) is 0 Å². The van der Waals surface area contributed by atoms with Crippen LogP contribution < -0.4 is 4.46 Å². The summed E-state index contributed by atoms with van der Waals surface area (Å²) in [5.41, 5.74) is 0. The molecule has 0 aromatic heterocycles. The van der Waals surface area contributed by atoms with E-state index in [-0.39, 0.29) is 6.10 Å². The van der Waals surface area contributed by atoms with Crippen molar-refractivity contribution in [3.63, 3.8) is 0 Å². The molecule has 3 heteroatoms. The summed E-state index contributed by atoms with van der Waals surface area (Å²) < 4.78 is 6.61. The molecule has 0 radical (unpaired) electrons. The van der Waals surface area contributed by atoms with Gasteiger partial charge in [0.2, 0.25) is 0 Å². The van der Waals surface area contributed by atoms with Crippen molar-refractivity contribution in [1.29, 1.82) is 0 Å². The van der Waals surface area contributed by atoms with Crippen molar-refractivity contribution < 1.29 is 9.53 Å². The Morgan fingerprint density at radius 2 is 1.94 bits per heavy atom. The van der Waals surface area contributed by atoms with Gasteiger partial charge in [0.25, 0.3) is 0 Å². The van der Waals surface area contributed by atoms with Crippen molar-refractivity contribution in [3.8, 4) is 0 Å². The molecule has 1 fully saturated rings. The van der Waals surface area contributed by atoms with Gasteiger partial charge in [0, 0.05) is 0 Å². The zero-order valence-corrected chi connectivity index (χ0v) is 10.9. The number of benzene rings is 1. The first kappa shape index (κ1) is 11.7. The van der Waals surface area contributed by atoms with Gasteiger partial charge in [0.15, 0.2) is 0 Å². The van der Waals surface area contributed by atoms with Crippen LogP contribution in [-0.4, -0.2) is 27.5 Å². The van der Waals surface area contributed by atoms with Crippen molar-refractivity contribution in [2.24, 2.45) is 0 Å². The summed E-state index contributed by atoms with van der Waals surface area (Å²) in [4.78, 5) is 11.0. The van der Waals surface area contributed by atoms with Gasteiger partial charge in [-0.05, 0) is 0 Å². The van der Waals surface area contributed by atoms with Crippen LogP contribution in [0.2, 0.25) is 4.82 Å². The third-order valence-corrected chi connectivity index (χ3v) is 5.81. The zero-order chi connectivity index (χ0) is 11.2. The van der Waals surface area contributed by atoms with Crippen LogP contribution >= 0.6 is 0 Å². The fourth-order valence-electron chi connectivity index (χ4n) is 2.10. The number of ether oxygens (including phenoxy) is 1. The summed E-state index contributed by atoms with van der Waals surface area (Å²) in [5, 5.41) is 0. The van der Waals surface area contributed by atoms with Gasteiger partial charge in [-0.25, -0.2) is 0 Å². The van der Waals surface area contributed by atoms with Crippen molar-refractivity contribution in [3.05, 3.63) is 30.3 Å². The molecule has 1 aliphatic carbocycles. The second-order valence-corrected chi connectivity index (χ2v) is 6.78. The van der Waals surface area contributed by atoms with Crippen LogP contribution in [0.25, 0.3) is 0 Å². The quantitative estimate of drug-likeness (QED) is 0.623. The van der Waals surface area contributed by atoms with Gasteiger partial charge >= 0.3 is 102 Å². The molecule has 1 saturated carbocycles. The Morgan fingerprint density at radius 1 is 1.19 bits per heavy atom. The number of hydrogen-bond acceptors (Lipinski definition) is 2. The van der Waals surface area contributed by atoms with Gasteiger partial charge in [0.1, 0.15) is 0 Å². The molecule has 0 heterocycles. The van der Waals surface area contributed by atoms with E-state index in [1.165, 1.54) is 23.7 Å². The summed E-state index contributed by atoms with van der Waals surface area (Å²) in [6.07, 6.45) is 4.87. The first-order valence-corrected chi connectivity index (χ1v) is 7.55. The van der Waals surface area contributed by atoms with Gasteiger partial charge in [0.05, 0.1) is 0 Å². The first-order chi connectivity index (χ1) is 7.90. The summed E-state index contributed by atoms with van der Waals surface area (Å²) >= 11 is 0.426. The van der Waals surface area contributed by atoms with Gasteiger partial charge in [-0.3, -0.25) is 0 Å². The summed E-state index contributed by atoms with van der Waals surface area (Å²) in [7, 11) is 0. The Bertz CT molecular complexity index is 326. The minimum atomic E-state index is 0.159. The van der Waals surface area contributed by atoms with Crippen molar-refractivity contribution >= 4 is 25.9 Å². The topological polar surface area (TPSA) is 26.3 Å². The number of carbonyl (C=O) groups is 1. The Labute approximate surface area is 103 Å². The predicted molar refractivity (Wildman–Crippen MR) is 65.0 cm³/mol. The van der Waals surface area contributed by atoms with Crippen LogP contribution in [0.1, 0.15) is 25.7 Å². The standard InChI is InChI=1S/C13H16O2Se/c14-10-15-12-8-4-5-9-13(12)16-11-6-2-1-3-7-11/h1-3,6-7,10,12-13H,4-5,8-9H2. The van der Waals surface area contributed by atoms with E-state index in [4.69, 9.17) is 4.74 Å². The minimum absolute atomic E-state index is 0.159. The van der Waals surface area contributed by atoms with E-state index < -0.39 is 0 Å². The van der Waals surface area contributed by atoms with Crippen LogP contribution in [0.15, 0.2) is 30.3 Å². The molecule has 0 N–H and O–H groups in total. The molecular weight excluding hydrogens is 267 g/mol. The normalized spacial score (nSPS) is 25.0. The molecule has 16 heavy (non-hydrogen) atoms. The third-order valence-electron chi connectivity index (χ3n) is 2.90. The van der Waals surface area contributed by atoms with Gasteiger partial charge in [-0.15, -0.1) is 0 Å². The van der Waals surface area contributed by atoms with Crippen LogP contribution in [0.5, 0.6) is 0 Å². The van der Waals surface area contributed by atoms with Crippen LogP contribution in [0.4, 0.5) is 0 Å². The molecule has 0 bridgehead atoms. The fraction of sp³-hybridized carbons (Fsp3) is 0.462. The van der Waals surface area contributed by atoms with E-state index in [9.17, 15) is 4.79 Å². The van der Waals surface area contributed by atoms with Crippen LogP contribution in [-0.2, 0) is 9.53 Å². The maximum absolute atomic E-state index is 10.5. The molecule has 1 aromatic carbocycles. The number of rotatable bonds is 4. The second-order valence-electron chi connectivity index (χ2n) is 4.02. The van der Waals surface area contributed by atoms with E-state index >= 15 is 0 Å². The first-order valence-electron chi connectivity index (χ1n) is 5.71. The molecule has 0 amide bonds. The van der Waals surface area contributed by atoms with E-state index in [2.05, 4.69) is 24.3 Å². The summed E-state index contributed by atoms with van der Waals surface area (Å²) in [6.45, 7) is 0.615. The van der Waals surface area contributed by atoms with Crippen molar-refractivity contribution in [2.75, 3.05) is 0 Å². The molecule has 86 valence electrons. The van der Waals surface area contributed by atoms with E-state index in [0.29, 0.717) is 26.2 Å². The summed E-state index contributed by atoms with van der Waals surface area (Å²) in [6, 6.07) is 10.5. The Kier molecular flexibility index (Phi) is 4.43. The Morgan fingerprint density at radius 3 is 2.69 bits per heavy atom. The molecule has 1 aliphatic rings. The van der Waals surface area contributed by atoms with Crippen LogP contribution in [0, 0.1) is 0 Å². The average Bonchev–Trinajstić information content (AvgIpc) is 2.33. The summed E-state index contributed by atoms with van der Waals surface area (Å²) in [5.74, 6) is 0. The van der Waals surface area contributed by atoms with E-state index in [1.807, 2.05) is 6.07 Å². The second kappa shape index (κ2) is 6.07. The van der Waals surface area contributed by atoms with Gasteiger partial charge in [-0.2, -0.15) is 0 Å². The molecular formula is C13H16O2Se. The zero-order valence-electron chi connectivity index (χ0n) is 9.17. The van der Waals surface area contributed by atoms with E-state index in [0.717, 1.165) is 6.42 Å². The monoisotopic (exact) mass is 284 g/mol. The molecule has 0 aliphatic heterocycles.